The Kier molecular flexibility index (Phi) is 5.69. The predicted molar refractivity (Wildman–Crippen MR) is 101 cm³/mol. The quantitative estimate of drug-likeness (QED) is 0.634. The van der Waals surface area contributed by atoms with Gasteiger partial charge in [-0.15, -0.1) is 11.3 Å². The van der Waals surface area contributed by atoms with E-state index in [1.165, 1.54) is 67.0 Å². The molecular formula is C19H16FNO4S2. The van der Waals surface area contributed by atoms with Crippen molar-refractivity contribution in [2.75, 3.05) is 7.11 Å². The fraction of sp³-hybridized carbons (Fsp3) is 0.105. The molecule has 5 nitrogen and oxygen atoms in total. The molecule has 1 aromatic heterocycles. The van der Waals surface area contributed by atoms with Gasteiger partial charge in [0.2, 0.25) is 10.0 Å². The molecule has 0 aliphatic heterocycles. The Morgan fingerprint density at radius 2 is 1.85 bits per heavy atom. The van der Waals surface area contributed by atoms with Crippen molar-refractivity contribution in [3.63, 3.8) is 0 Å². The number of rotatable bonds is 6. The van der Waals surface area contributed by atoms with Crippen molar-refractivity contribution < 1.29 is 22.3 Å². The van der Waals surface area contributed by atoms with Crippen molar-refractivity contribution in [1.29, 1.82) is 0 Å². The molecular weight excluding hydrogens is 389 g/mol. The number of hydrogen-bond donors (Lipinski definition) is 1. The van der Waals surface area contributed by atoms with E-state index >= 15 is 0 Å². The van der Waals surface area contributed by atoms with E-state index in [-0.39, 0.29) is 10.5 Å². The van der Waals surface area contributed by atoms with Crippen molar-refractivity contribution in [2.45, 2.75) is 10.9 Å². The van der Waals surface area contributed by atoms with Crippen LogP contribution < -0.4 is 4.72 Å². The third-order valence-electron chi connectivity index (χ3n) is 3.87. The SMILES string of the molecule is COC(=O)c1cccc(S(=O)(=O)N[C@H](c2ccc(F)cc2)c2cccs2)c1. The number of methoxy groups -OCH3 is 1. The number of benzene rings is 2. The van der Waals surface area contributed by atoms with Gasteiger partial charge >= 0.3 is 5.97 Å². The third kappa shape index (κ3) is 4.41. The number of carbonyl (C=O) groups is 1. The molecule has 2 aromatic carbocycles. The zero-order valence-electron chi connectivity index (χ0n) is 14.3. The fourth-order valence-corrected chi connectivity index (χ4v) is 4.66. The van der Waals surface area contributed by atoms with Gasteiger partial charge in [-0.25, -0.2) is 17.6 Å². The Hall–Kier alpha value is -2.55. The number of nitrogens with one attached hydrogen (secondary N) is 1. The highest BCUT2D eigenvalue weighted by Gasteiger charge is 2.24. The van der Waals surface area contributed by atoms with Gasteiger partial charge in [-0.05, 0) is 47.3 Å². The lowest BCUT2D eigenvalue weighted by Crippen LogP contribution is -2.29. The molecule has 3 aromatic rings. The lowest BCUT2D eigenvalue weighted by atomic mass is 10.1. The first kappa shape index (κ1) is 19.2. The van der Waals surface area contributed by atoms with Crippen LogP contribution in [0, 0.1) is 5.82 Å². The van der Waals surface area contributed by atoms with Crippen LogP contribution in [0.3, 0.4) is 0 Å². The van der Waals surface area contributed by atoms with E-state index in [4.69, 9.17) is 0 Å². The Morgan fingerprint density at radius 3 is 2.48 bits per heavy atom. The molecule has 1 atom stereocenters. The van der Waals surface area contributed by atoms with Crippen LogP contribution >= 0.6 is 11.3 Å². The predicted octanol–water partition coefficient (Wildman–Crippen LogP) is 3.74. The van der Waals surface area contributed by atoms with Gasteiger partial charge in [0, 0.05) is 4.88 Å². The van der Waals surface area contributed by atoms with E-state index in [1.54, 1.807) is 6.07 Å². The lowest BCUT2D eigenvalue weighted by molar-refractivity contribution is 0.0600. The summed E-state index contributed by atoms with van der Waals surface area (Å²) >= 11 is 1.38. The fourth-order valence-electron chi connectivity index (χ4n) is 2.53. The van der Waals surface area contributed by atoms with Crippen LogP contribution in [0.15, 0.2) is 70.9 Å². The third-order valence-corrected chi connectivity index (χ3v) is 6.23. The molecule has 1 N–H and O–H groups in total. The minimum atomic E-state index is -3.95. The number of hydrogen-bond acceptors (Lipinski definition) is 5. The molecule has 0 saturated carbocycles. The number of ether oxygens (including phenoxy) is 1. The zero-order valence-corrected chi connectivity index (χ0v) is 15.9. The summed E-state index contributed by atoms with van der Waals surface area (Å²) in [5.41, 5.74) is 0.737. The maximum absolute atomic E-state index is 13.3. The minimum absolute atomic E-state index is 0.0610. The van der Waals surface area contributed by atoms with Crippen LogP contribution in [0.25, 0.3) is 0 Å². The Balaban J connectivity index is 1.98. The summed E-state index contributed by atoms with van der Waals surface area (Å²) in [5, 5.41) is 1.83. The van der Waals surface area contributed by atoms with Crippen LogP contribution in [-0.4, -0.2) is 21.5 Å². The first-order valence-electron chi connectivity index (χ1n) is 7.90. The van der Waals surface area contributed by atoms with Crippen molar-refractivity contribution in [3.8, 4) is 0 Å². The van der Waals surface area contributed by atoms with Crippen molar-refractivity contribution in [2.24, 2.45) is 0 Å². The lowest BCUT2D eigenvalue weighted by Gasteiger charge is -2.18. The maximum Gasteiger partial charge on any atom is 0.337 e. The number of thiophene rings is 1. The Bertz CT molecular complexity index is 1030. The van der Waals surface area contributed by atoms with Gasteiger partial charge < -0.3 is 4.74 Å². The molecule has 0 fully saturated rings. The monoisotopic (exact) mass is 405 g/mol. The van der Waals surface area contributed by atoms with Gasteiger partial charge in [-0.2, -0.15) is 4.72 Å². The molecule has 0 amide bonds. The number of halogens is 1. The second-order valence-electron chi connectivity index (χ2n) is 5.64. The Morgan fingerprint density at radius 1 is 1.11 bits per heavy atom. The molecule has 0 saturated heterocycles. The van der Waals surface area contributed by atoms with E-state index in [2.05, 4.69) is 9.46 Å². The first-order valence-corrected chi connectivity index (χ1v) is 10.3. The summed E-state index contributed by atoms with van der Waals surface area (Å²) in [6.45, 7) is 0. The molecule has 0 unspecified atom stereocenters. The molecule has 8 heteroatoms. The smallest absolute Gasteiger partial charge is 0.337 e. The number of sulfonamides is 1. The summed E-state index contributed by atoms with van der Waals surface area (Å²) in [5.74, 6) is -1.03. The molecule has 0 bridgehead atoms. The molecule has 0 aliphatic carbocycles. The van der Waals surface area contributed by atoms with Gasteiger partial charge in [0.15, 0.2) is 0 Å². The van der Waals surface area contributed by atoms with E-state index < -0.39 is 27.9 Å². The van der Waals surface area contributed by atoms with E-state index in [0.29, 0.717) is 5.56 Å². The van der Waals surface area contributed by atoms with Gasteiger partial charge in [0.05, 0.1) is 23.6 Å². The largest absolute Gasteiger partial charge is 0.465 e. The molecule has 0 radical (unpaired) electrons. The number of esters is 1. The topological polar surface area (TPSA) is 72.5 Å². The van der Waals surface area contributed by atoms with Crippen LogP contribution in [0.5, 0.6) is 0 Å². The highest BCUT2D eigenvalue weighted by atomic mass is 32.2. The molecule has 27 heavy (non-hydrogen) atoms. The molecule has 3 rings (SSSR count). The van der Waals surface area contributed by atoms with E-state index in [9.17, 15) is 17.6 Å². The summed E-state index contributed by atoms with van der Waals surface area (Å²) in [7, 11) is -2.73. The van der Waals surface area contributed by atoms with E-state index in [1.807, 2.05) is 11.4 Å². The summed E-state index contributed by atoms with van der Waals surface area (Å²) in [6.07, 6.45) is 0. The summed E-state index contributed by atoms with van der Waals surface area (Å²) in [4.78, 5) is 12.4. The highest BCUT2D eigenvalue weighted by molar-refractivity contribution is 7.89. The average Bonchev–Trinajstić information content (AvgIpc) is 3.21. The van der Waals surface area contributed by atoms with Gasteiger partial charge in [-0.3, -0.25) is 0 Å². The average molecular weight is 405 g/mol. The molecule has 1 heterocycles. The van der Waals surface area contributed by atoms with Crippen LogP contribution in [0.4, 0.5) is 4.39 Å². The van der Waals surface area contributed by atoms with Crippen molar-refractivity contribution >= 4 is 27.3 Å². The van der Waals surface area contributed by atoms with Gasteiger partial charge in [-0.1, -0.05) is 24.3 Å². The summed E-state index contributed by atoms with van der Waals surface area (Å²) in [6, 6.07) is 14.1. The molecule has 0 spiro atoms. The Labute approximate surface area is 160 Å². The highest BCUT2D eigenvalue weighted by Crippen LogP contribution is 2.28. The van der Waals surface area contributed by atoms with Crippen molar-refractivity contribution in [1.82, 2.24) is 4.72 Å². The van der Waals surface area contributed by atoms with Crippen LogP contribution in [0.2, 0.25) is 0 Å². The normalized spacial score (nSPS) is 12.5. The molecule has 0 aliphatic rings. The number of carbonyl (C=O) groups excluding carboxylic acids is 1. The van der Waals surface area contributed by atoms with Crippen molar-refractivity contribution in [3.05, 3.63) is 87.9 Å². The standard InChI is InChI=1S/C19H16FNO4S2/c1-25-19(22)14-4-2-5-16(12-14)27(23,24)21-18(17-6-3-11-26-17)13-7-9-15(20)10-8-13/h2-12,18,21H,1H3/t18-/m1/s1. The zero-order chi connectivity index (χ0) is 19.4. The van der Waals surface area contributed by atoms with Gasteiger partial charge in [0.25, 0.3) is 0 Å². The molecule has 140 valence electrons. The minimum Gasteiger partial charge on any atom is -0.465 e. The van der Waals surface area contributed by atoms with E-state index in [0.717, 1.165) is 4.88 Å². The maximum atomic E-state index is 13.3. The summed E-state index contributed by atoms with van der Waals surface area (Å²) < 4.78 is 46.4. The van der Waals surface area contributed by atoms with Crippen LogP contribution in [-0.2, 0) is 14.8 Å². The van der Waals surface area contributed by atoms with Crippen LogP contribution in [0.1, 0.15) is 26.8 Å². The first-order chi connectivity index (χ1) is 12.9. The van der Waals surface area contributed by atoms with Gasteiger partial charge in [0.1, 0.15) is 5.82 Å². The second-order valence-corrected chi connectivity index (χ2v) is 8.33. The second kappa shape index (κ2) is 7.99.